The molecular formula is C15H19NO5. The smallest absolute Gasteiger partial charge is 0.334 e. The zero-order chi connectivity index (χ0) is 15.1. The topological polar surface area (TPSA) is 76.1 Å². The summed E-state index contributed by atoms with van der Waals surface area (Å²) in [4.78, 5) is 24.3. The van der Waals surface area contributed by atoms with Gasteiger partial charge in [0, 0.05) is 6.54 Å². The molecule has 6 heteroatoms. The van der Waals surface area contributed by atoms with Crippen LogP contribution in [0.25, 0.3) is 0 Å². The average molecular weight is 293 g/mol. The number of nitrogens with zero attached hydrogens (tertiary/aromatic N) is 1. The number of amides is 1. The van der Waals surface area contributed by atoms with E-state index in [0.717, 1.165) is 5.56 Å². The number of rotatable bonds is 6. The maximum atomic E-state index is 12.0. The van der Waals surface area contributed by atoms with Gasteiger partial charge in [0.1, 0.15) is 0 Å². The average Bonchev–Trinajstić information content (AvgIpc) is 2.52. The molecule has 0 bridgehead atoms. The van der Waals surface area contributed by atoms with Crippen LogP contribution in [0.4, 0.5) is 0 Å². The summed E-state index contributed by atoms with van der Waals surface area (Å²) in [5, 5.41) is 8.89. The largest absolute Gasteiger partial charge is 0.479 e. The third-order valence-corrected chi connectivity index (χ3v) is 3.27. The van der Waals surface area contributed by atoms with Crippen LogP contribution < -0.4 is 0 Å². The van der Waals surface area contributed by atoms with Gasteiger partial charge < -0.3 is 19.5 Å². The molecule has 1 fully saturated rings. The molecule has 2 rings (SSSR count). The van der Waals surface area contributed by atoms with Crippen molar-refractivity contribution in [3.8, 4) is 0 Å². The van der Waals surface area contributed by atoms with E-state index in [1.54, 1.807) is 0 Å². The van der Waals surface area contributed by atoms with Crippen LogP contribution in [0.2, 0.25) is 0 Å². The molecule has 1 heterocycles. The van der Waals surface area contributed by atoms with Crippen LogP contribution in [0.3, 0.4) is 0 Å². The number of hydrogen-bond donors (Lipinski definition) is 1. The fraction of sp³-hybridized carbons (Fsp3) is 0.467. The first-order valence-electron chi connectivity index (χ1n) is 6.90. The zero-order valence-electron chi connectivity index (χ0n) is 11.7. The zero-order valence-corrected chi connectivity index (χ0v) is 11.7. The van der Waals surface area contributed by atoms with Crippen LogP contribution in [0.1, 0.15) is 12.0 Å². The minimum Gasteiger partial charge on any atom is -0.479 e. The summed E-state index contributed by atoms with van der Waals surface area (Å²) < 4.78 is 10.5. The standard InChI is InChI=1S/C15H19NO5/c17-14(16-7-9-21-13(10-16)15(18)19)6-8-20-11-12-4-2-1-3-5-12/h1-5,13H,6-11H2,(H,18,19)/t13-/m0/s1. The van der Waals surface area contributed by atoms with E-state index in [2.05, 4.69) is 0 Å². The molecule has 6 nitrogen and oxygen atoms in total. The molecule has 0 unspecified atom stereocenters. The third kappa shape index (κ3) is 4.84. The van der Waals surface area contributed by atoms with E-state index >= 15 is 0 Å². The highest BCUT2D eigenvalue weighted by atomic mass is 16.5. The summed E-state index contributed by atoms with van der Waals surface area (Å²) in [6.45, 7) is 1.58. The molecule has 0 aromatic heterocycles. The molecule has 1 saturated heterocycles. The Hall–Kier alpha value is -1.92. The first-order chi connectivity index (χ1) is 10.2. The molecule has 1 aliphatic rings. The van der Waals surface area contributed by atoms with Gasteiger partial charge in [0.15, 0.2) is 6.10 Å². The van der Waals surface area contributed by atoms with Gasteiger partial charge in [-0.2, -0.15) is 0 Å². The van der Waals surface area contributed by atoms with Crippen LogP contribution in [-0.4, -0.2) is 54.3 Å². The van der Waals surface area contributed by atoms with Gasteiger partial charge in [-0.1, -0.05) is 30.3 Å². The van der Waals surface area contributed by atoms with Crippen molar-refractivity contribution in [3.63, 3.8) is 0 Å². The summed E-state index contributed by atoms with van der Waals surface area (Å²) in [5.74, 6) is -1.13. The Bertz CT molecular complexity index is 476. The molecule has 1 aliphatic heterocycles. The molecule has 0 saturated carbocycles. The van der Waals surface area contributed by atoms with Crippen molar-refractivity contribution >= 4 is 11.9 Å². The number of morpholine rings is 1. The number of carboxylic acid groups (broad SMARTS) is 1. The monoisotopic (exact) mass is 293 g/mol. The Balaban J connectivity index is 1.68. The number of carboxylic acids is 1. The quantitative estimate of drug-likeness (QED) is 0.789. The van der Waals surface area contributed by atoms with Crippen molar-refractivity contribution in [1.82, 2.24) is 4.90 Å². The molecular weight excluding hydrogens is 274 g/mol. The van der Waals surface area contributed by atoms with Gasteiger partial charge in [-0.15, -0.1) is 0 Å². The number of ether oxygens (including phenoxy) is 2. The number of hydrogen-bond acceptors (Lipinski definition) is 4. The van der Waals surface area contributed by atoms with Gasteiger partial charge in [-0.25, -0.2) is 4.79 Å². The number of carbonyl (C=O) groups is 2. The van der Waals surface area contributed by atoms with E-state index in [4.69, 9.17) is 14.6 Å². The molecule has 1 aromatic rings. The number of benzene rings is 1. The summed E-state index contributed by atoms with van der Waals surface area (Å²) in [6.07, 6.45) is -0.674. The lowest BCUT2D eigenvalue weighted by molar-refractivity contribution is -0.159. The van der Waals surface area contributed by atoms with Gasteiger partial charge in [0.2, 0.25) is 5.91 Å². The fourth-order valence-corrected chi connectivity index (χ4v) is 2.11. The summed E-state index contributed by atoms with van der Waals surface area (Å²) >= 11 is 0. The Labute approximate surface area is 123 Å². The van der Waals surface area contributed by atoms with Crippen LogP contribution in [-0.2, 0) is 25.7 Å². The van der Waals surface area contributed by atoms with Crippen LogP contribution in [0, 0.1) is 0 Å². The molecule has 1 amide bonds. The predicted octanol–water partition coefficient (Wildman–Crippen LogP) is 0.905. The van der Waals surface area contributed by atoms with E-state index in [1.807, 2.05) is 30.3 Å². The lowest BCUT2D eigenvalue weighted by Crippen LogP contribution is -2.48. The third-order valence-electron chi connectivity index (χ3n) is 3.27. The van der Waals surface area contributed by atoms with Gasteiger partial charge in [0.25, 0.3) is 0 Å². The van der Waals surface area contributed by atoms with Crippen LogP contribution in [0.15, 0.2) is 30.3 Å². The SMILES string of the molecule is O=C(O)[C@@H]1CN(C(=O)CCOCc2ccccc2)CCO1. The van der Waals surface area contributed by atoms with Gasteiger partial charge in [-0.05, 0) is 5.56 Å². The van der Waals surface area contributed by atoms with E-state index in [0.29, 0.717) is 19.8 Å². The first kappa shape index (κ1) is 15.5. The lowest BCUT2D eigenvalue weighted by atomic mass is 10.2. The van der Waals surface area contributed by atoms with Crippen molar-refractivity contribution in [2.75, 3.05) is 26.3 Å². The predicted molar refractivity (Wildman–Crippen MR) is 74.7 cm³/mol. The summed E-state index contributed by atoms with van der Waals surface area (Å²) in [6, 6.07) is 9.72. The van der Waals surface area contributed by atoms with Gasteiger partial charge in [0.05, 0.1) is 32.8 Å². The van der Waals surface area contributed by atoms with Crippen LogP contribution in [0.5, 0.6) is 0 Å². The molecule has 1 N–H and O–H groups in total. The summed E-state index contributed by atoms with van der Waals surface area (Å²) in [7, 11) is 0. The lowest BCUT2D eigenvalue weighted by Gasteiger charge is -2.30. The molecule has 0 spiro atoms. The van der Waals surface area contributed by atoms with E-state index in [9.17, 15) is 9.59 Å². The Morgan fingerprint density at radius 2 is 2.10 bits per heavy atom. The van der Waals surface area contributed by atoms with Crippen molar-refractivity contribution in [1.29, 1.82) is 0 Å². The summed E-state index contributed by atoms with van der Waals surface area (Å²) in [5.41, 5.74) is 1.06. The number of aliphatic carboxylic acids is 1. The maximum absolute atomic E-state index is 12.0. The number of carbonyl (C=O) groups excluding carboxylic acids is 1. The highest BCUT2D eigenvalue weighted by Crippen LogP contribution is 2.08. The highest BCUT2D eigenvalue weighted by molar-refractivity contribution is 5.78. The van der Waals surface area contributed by atoms with Gasteiger partial charge in [-0.3, -0.25) is 4.79 Å². The molecule has 114 valence electrons. The molecule has 1 atom stereocenters. The van der Waals surface area contributed by atoms with Crippen LogP contribution >= 0.6 is 0 Å². The Morgan fingerprint density at radius 3 is 2.81 bits per heavy atom. The van der Waals surface area contributed by atoms with Gasteiger partial charge >= 0.3 is 5.97 Å². The molecule has 1 aromatic carbocycles. The van der Waals surface area contributed by atoms with E-state index in [1.165, 1.54) is 4.90 Å². The molecule has 21 heavy (non-hydrogen) atoms. The van der Waals surface area contributed by atoms with Crippen molar-refractivity contribution in [2.45, 2.75) is 19.1 Å². The second-order valence-corrected chi connectivity index (χ2v) is 4.83. The maximum Gasteiger partial charge on any atom is 0.334 e. The Kier molecular flexibility index (Phi) is 5.71. The first-order valence-corrected chi connectivity index (χ1v) is 6.90. The second kappa shape index (κ2) is 7.75. The minimum absolute atomic E-state index is 0.0994. The van der Waals surface area contributed by atoms with Crippen molar-refractivity contribution < 1.29 is 24.2 Å². The molecule has 0 aliphatic carbocycles. The normalized spacial score (nSPS) is 18.5. The Morgan fingerprint density at radius 1 is 1.33 bits per heavy atom. The van der Waals surface area contributed by atoms with Crippen molar-refractivity contribution in [3.05, 3.63) is 35.9 Å². The minimum atomic E-state index is -1.03. The second-order valence-electron chi connectivity index (χ2n) is 4.83. The highest BCUT2D eigenvalue weighted by Gasteiger charge is 2.28. The van der Waals surface area contributed by atoms with E-state index in [-0.39, 0.29) is 25.5 Å². The van der Waals surface area contributed by atoms with E-state index < -0.39 is 12.1 Å². The van der Waals surface area contributed by atoms with Crippen molar-refractivity contribution in [2.24, 2.45) is 0 Å². The fourth-order valence-electron chi connectivity index (χ4n) is 2.11. The molecule has 0 radical (unpaired) electrons.